The minimum absolute atomic E-state index is 0.270. The summed E-state index contributed by atoms with van der Waals surface area (Å²) in [6.45, 7) is 10.9. The van der Waals surface area contributed by atoms with Crippen LogP contribution in [0.3, 0.4) is 0 Å². The van der Waals surface area contributed by atoms with Crippen LogP contribution in [0.2, 0.25) is 0 Å². The van der Waals surface area contributed by atoms with Crippen LogP contribution in [-0.4, -0.2) is 21.3 Å². The Morgan fingerprint density at radius 1 is 1.26 bits per heavy atom. The molecule has 1 aliphatic heterocycles. The van der Waals surface area contributed by atoms with Crippen LogP contribution >= 0.6 is 11.8 Å². The summed E-state index contributed by atoms with van der Waals surface area (Å²) in [5, 5.41) is 3.43. The average molecular weight is 279 g/mol. The molecule has 1 N–H and O–H groups in total. The Morgan fingerprint density at radius 3 is 2.74 bits per heavy atom. The molecule has 0 fully saturated rings. The first-order valence-electron chi connectivity index (χ1n) is 7.22. The molecule has 0 spiro atoms. The maximum atomic E-state index is 4.81. The fourth-order valence-corrected chi connectivity index (χ4v) is 2.95. The molecule has 2 heterocycles. The molecular weight excluding hydrogens is 254 g/mol. The molecule has 0 amide bonds. The standard InChI is InChI=1S/C15H25N3S/c1-5-6-12-11-9-16-8-7-13(11)18-14(17-12)10-19-15(2,3)4/h16H,5-10H2,1-4H3. The zero-order valence-electron chi connectivity index (χ0n) is 12.5. The summed E-state index contributed by atoms with van der Waals surface area (Å²) in [5.74, 6) is 1.94. The van der Waals surface area contributed by atoms with Gasteiger partial charge in [-0.2, -0.15) is 0 Å². The van der Waals surface area contributed by atoms with Crippen LogP contribution in [0.15, 0.2) is 0 Å². The Labute approximate surface area is 121 Å². The van der Waals surface area contributed by atoms with Crippen LogP contribution in [0.25, 0.3) is 0 Å². The third-order valence-electron chi connectivity index (χ3n) is 3.19. The largest absolute Gasteiger partial charge is 0.312 e. The number of aromatic nitrogens is 2. The van der Waals surface area contributed by atoms with E-state index in [1.165, 1.54) is 17.0 Å². The molecule has 2 rings (SSSR count). The highest BCUT2D eigenvalue weighted by molar-refractivity contribution is 7.99. The zero-order chi connectivity index (χ0) is 13.9. The molecule has 0 radical (unpaired) electrons. The second-order valence-corrected chi connectivity index (χ2v) is 7.89. The molecule has 1 aromatic rings. The third-order valence-corrected chi connectivity index (χ3v) is 4.45. The summed E-state index contributed by atoms with van der Waals surface area (Å²) in [7, 11) is 0. The van der Waals surface area contributed by atoms with Crippen LogP contribution in [0.1, 0.15) is 56.9 Å². The molecule has 1 aliphatic rings. The quantitative estimate of drug-likeness (QED) is 0.919. The normalized spacial score (nSPS) is 15.4. The first-order chi connectivity index (χ1) is 8.99. The Kier molecular flexibility index (Phi) is 4.85. The van der Waals surface area contributed by atoms with E-state index in [1.807, 2.05) is 11.8 Å². The number of rotatable bonds is 4. The van der Waals surface area contributed by atoms with Crippen LogP contribution < -0.4 is 5.32 Å². The number of hydrogen-bond donors (Lipinski definition) is 1. The van der Waals surface area contributed by atoms with Gasteiger partial charge in [-0.15, -0.1) is 11.8 Å². The monoisotopic (exact) mass is 279 g/mol. The van der Waals surface area contributed by atoms with Crippen LogP contribution in [0.4, 0.5) is 0 Å². The van der Waals surface area contributed by atoms with Gasteiger partial charge in [0.1, 0.15) is 5.82 Å². The van der Waals surface area contributed by atoms with E-state index >= 15 is 0 Å². The molecule has 4 heteroatoms. The number of thioether (sulfide) groups is 1. The fourth-order valence-electron chi connectivity index (χ4n) is 2.26. The number of hydrogen-bond acceptors (Lipinski definition) is 4. The average Bonchev–Trinajstić information content (AvgIpc) is 2.36. The molecule has 19 heavy (non-hydrogen) atoms. The summed E-state index contributed by atoms with van der Waals surface area (Å²) in [6, 6.07) is 0. The third kappa shape index (κ3) is 4.18. The molecule has 0 aliphatic carbocycles. The lowest BCUT2D eigenvalue weighted by molar-refractivity contribution is 0.609. The van der Waals surface area contributed by atoms with E-state index in [0.717, 1.165) is 43.9 Å². The Hall–Kier alpha value is -0.610. The maximum absolute atomic E-state index is 4.81. The minimum Gasteiger partial charge on any atom is -0.312 e. The van der Waals surface area contributed by atoms with Crippen molar-refractivity contribution in [3.63, 3.8) is 0 Å². The molecule has 1 aromatic heterocycles. The van der Waals surface area contributed by atoms with Gasteiger partial charge in [-0.3, -0.25) is 0 Å². The maximum Gasteiger partial charge on any atom is 0.138 e. The SMILES string of the molecule is CCCc1nc(CSC(C)(C)C)nc2c1CNCC2. The molecule has 0 saturated heterocycles. The first kappa shape index (κ1) is 14.8. The van der Waals surface area contributed by atoms with Crippen molar-refractivity contribution in [1.82, 2.24) is 15.3 Å². The van der Waals surface area contributed by atoms with Gasteiger partial charge in [0.25, 0.3) is 0 Å². The van der Waals surface area contributed by atoms with Gasteiger partial charge in [-0.1, -0.05) is 34.1 Å². The zero-order valence-corrected chi connectivity index (χ0v) is 13.4. The summed E-state index contributed by atoms with van der Waals surface area (Å²) in [5.41, 5.74) is 3.91. The fraction of sp³-hybridized carbons (Fsp3) is 0.733. The predicted molar refractivity (Wildman–Crippen MR) is 82.5 cm³/mol. The molecule has 3 nitrogen and oxygen atoms in total. The smallest absolute Gasteiger partial charge is 0.138 e. The molecule has 0 saturated carbocycles. The van der Waals surface area contributed by atoms with E-state index in [9.17, 15) is 0 Å². The van der Waals surface area contributed by atoms with Gasteiger partial charge in [-0.05, 0) is 6.42 Å². The lowest BCUT2D eigenvalue weighted by Gasteiger charge is -2.21. The molecule has 0 aromatic carbocycles. The molecular formula is C15H25N3S. The second-order valence-electron chi connectivity index (χ2n) is 6.09. The van der Waals surface area contributed by atoms with E-state index in [2.05, 4.69) is 33.0 Å². The van der Waals surface area contributed by atoms with Gasteiger partial charge >= 0.3 is 0 Å². The van der Waals surface area contributed by atoms with Crippen LogP contribution in [-0.2, 0) is 25.1 Å². The van der Waals surface area contributed by atoms with Crippen molar-refractivity contribution in [2.75, 3.05) is 6.54 Å². The van der Waals surface area contributed by atoms with Crippen LogP contribution in [0.5, 0.6) is 0 Å². The lowest BCUT2D eigenvalue weighted by Crippen LogP contribution is -2.27. The van der Waals surface area contributed by atoms with Gasteiger partial charge < -0.3 is 5.32 Å². The van der Waals surface area contributed by atoms with Gasteiger partial charge in [0.05, 0.1) is 11.4 Å². The molecule has 0 atom stereocenters. The molecule has 0 bridgehead atoms. The van der Waals surface area contributed by atoms with Gasteiger partial charge in [0.15, 0.2) is 0 Å². The van der Waals surface area contributed by atoms with Gasteiger partial charge in [0, 0.05) is 35.5 Å². The van der Waals surface area contributed by atoms with Crippen molar-refractivity contribution in [3.05, 3.63) is 22.8 Å². The number of nitrogens with zero attached hydrogens (tertiary/aromatic N) is 2. The van der Waals surface area contributed by atoms with Crippen molar-refractivity contribution >= 4 is 11.8 Å². The highest BCUT2D eigenvalue weighted by atomic mass is 32.2. The summed E-state index contributed by atoms with van der Waals surface area (Å²) in [4.78, 5) is 9.59. The predicted octanol–water partition coefficient (Wildman–Crippen LogP) is 3.11. The van der Waals surface area contributed by atoms with E-state index in [1.54, 1.807) is 0 Å². The van der Waals surface area contributed by atoms with E-state index in [0.29, 0.717) is 0 Å². The van der Waals surface area contributed by atoms with E-state index in [4.69, 9.17) is 9.97 Å². The van der Waals surface area contributed by atoms with Crippen molar-refractivity contribution in [1.29, 1.82) is 0 Å². The Morgan fingerprint density at radius 2 is 2.05 bits per heavy atom. The van der Waals surface area contributed by atoms with Crippen molar-refractivity contribution in [2.24, 2.45) is 0 Å². The Bertz CT molecular complexity index is 438. The highest BCUT2D eigenvalue weighted by Crippen LogP contribution is 2.27. The van der Waals surface area contributed by atoms with Crippen molar-refractivity contribution in [3.8, 4) is 0 Å². The number of nitrogens with one attached hydrogen (secondary N) is 1. The summed E-state index contributed by atoms with van der Waals surface area (Å²) >= 11 is 1.92. The summed E-state index contributed by atoms with van der Waals surface area (Å²) in [6.07, 6.45) is 3.26. The van der Waals surface area contributed by atoms with Crippen LogP contribution in [0, 0.1) is 0 Å². The van der Waals surface area contributed by atoms with E-state index < -0.39 is 0 Å². The minimum atomic E-state index is 0.270. The lowest BCUT2D eigenvalue weighted by atomic mass is 10.0. The van der Waals surface area contributed by atoms with Crippen molar-refractivity contribution in [2.45, 2.75) is 64.0 Å². The van der Waals surface area contributed by atoms with Gasteiger partial charge in [0.2, 0.25) is 0 Å². The van der Waals surface area contributed by atoms with Crippen molar-refractivity contribution < 1.29 is 0 Å². The Balaban J connectivity index is 2.22. The number of aryl methyl sites for hydroxylation is 1. The summed E-state index contributed by atoms with van der Waals surface area (Å²) < 4.78 is 0.270. The second kappa shape index (κ2) is 6.23. The van der Waals surface area contributed by atoms with Gasteiger partial charge in [-0.25, -0.2) is 9.97 Å². The molecule has 106 valence electrons. The number of fused-ring (bicyclic) bond motifs is 1. The first-order valence-corrected chi connectivity index (χ1v) is 8.20. The highest BCUT2D eigenvalue weighted by Gasteiger charge is 2.18. The van der Waals surface area contributed by atoms with E-state index in [-0.39, 0.29) is 4.75 Å². The molecule has 0 unspecified atom stereocenters. The topological polar surface area (TPSA) is 37.8 Å².